The molecule has 2 heterocycles. The summed E-state index contributed by atoms with van der Waals surface area (Å²) in [6.07, 6.45) is 5.48. The fourth-order valence-electron chi connectivity index (χ4n) is 4.57. The lowest BCUT2D eigenvalue weighted by atomic mass is 9.72. The third-order valence-corrected chi connectivity index (χ3v) is 5.64. The van der Waals surface area contributed by atoms with Crippen LogP contribution in [0.5, 0.6) is 0 Å². The Balaban J connectivity index is 1.71. The lowest BCUT2D eigenvalue weighted by molar-refractivity contribution is -0.943. The van der Waals surface area contributed by atoms with Gasteiger partial charge in [0.25, 0.3) is 0 Å². The molecular weight excluding hydrogens is 274 g/mol. The number of nitrogens with zero attached hydrogens (tertiary/aromatic N) is 1. The number of benzene rings is 1. The first-order valence-corrected chi connectivity index (χ1v) is 8.74. The minimum atomic E-state index is -0.191. The number of piperidine rings is 2. The van der Waals surface area contributed by atoms with E-state index in [1.54, 1.807) is 0 Å². The molecule has 0 aromatic heterocycles. The molecule has 2 bridgehead atoms. The Labute approximate surface area is 133 Å². The topological polar surface area (TPSA) is 26.3 Å². The van der Waals surface area contributed by atoms with Crippen LogP contribution in [0.1, 0.15) is 38.2 Å². The average Bonchev–Trinajstić information content (AvgIpc) is 2.54. The molecule has 1 aromatic carbocycles. The van der Waals surface area contributed by atoms with Gasteiger partial charge in [0.05, 0.1) is 32.8 Å². The standard InChI is InChI=1S/C19H28NO2/c1-2-22-18(21)19-11-6-13-20(16-19,14-7-12-19)15-10-17-8-4-3-5-9-17/h3-5,8-9H,2,6-7,10-16H2,1H3/q+1. The highest BCUT2D eigenvalue weighted by Crippen LogP contribution is 2.43. The fourth-order valence-corrected chi connectivity index (χ4v) is 4.57. The van der Waals surface area contributed by atoms with Gasteiger partial charge in [-0.15, -0.1) is 0 Å². The van der Waals surface area contributed by atoms with Crippen LogP contribution < -0.4 is 0 Å². The molecule has 3 rings (SSSR count). The van der Waals surface area contributed by atoms with Gasteiger partial charge in [0, 0.05) is 6.42 Å². The van der Waals surface area contributed by atoms with Gasteiger partial charge < -0.3 is 9.22 Å². The molecule has 1 aromatic rings. The second kappa shape index (κ2) is 6.41. The van der Waals surface area contributed by atoms with Gasteiger partial charge >= 0.3 is 5.97 Å². The van der Waals surface area contributed by atoms with Crippen molar-refractivity contribution in [3.8, 4) is 0 Å². The van der Waals surface area contributed by atoms with Crippen LogP contribution in [0, 0.1) is 5.41 Å². The molecule has 2 aliphatic heterocycles. The lowest BCUT2D eigenvalue weighted by Crippen LogP contribution is -2.64. The van der Waals surface area contributed by atoms with Crippen molar-refractivity contribution in [2.24, 2.45) is 5.41 Å². The number of hydrogen-bond acceptors (Lipinski definition) is 2. The molecule has 0 saturated carbocycles. The number of rotatable bonds is 5. The molecule has 2 aliphatic rings. The van der Waals surface area contributed by atoms with Crippen molar-refractivity contribution >= 4 is 5.97 Å². The first-order valence-electron chi connectivity index (χ1n) is 8.74. The summed E-state index contributed by atoms with van der Waals surface area (Å²) in [5, 5.41) is 0. The van der Waals surface area contributed by atoms with E-state index in [0.717, 1.165) is 49.7 Å². The van der Waals surface area contributed by atoms with E-state index in [1.165, 1.54) is 18.7 Å². The molecule has 0 atom stereocenters. The average molecular weight is 302 g/mol. The van der Waals surface area contributed by atoms with E-state index in [9.17, 15) is 4.79 Å². The third kappa shape index (κ3) is 3.05. The number of fused-ring (bicyclic) bond motifs is 2. The van der Waals surface area contributed by atoms with E-state index >= 15 is 0 Å². The van der Waals surface area contributed by atoms with Crippen LogP contribution >= 0.6 is 0 Å². The molecule has 0 radical (unpaired) electrons. The Morgan fingerprint density at radius 1 is 1.18 bits per heavy atom. The van der Waals surface area contributed by atoms with Gasteiger partial charge in [-0.3, -0.25) is 4.79 Å². The Hall–Kier alpha value is -1.35. The predicted molar refractivity (Wildman–Crippen MR) is 87.4 cm³/mol. The van der Waals surface area contributed by atoms with Gasteiger partial charge in [-0.25, -0.2) is 0 Å². The number of hydrogen-bond donors (Lipinski definition) is 0. The van der Waals surface area contributed by atoms with Crippen LogP contribution in [0.25, 0.3) is 0 Å². The molecule has 3 nitrogen and oxygen atoms in total. The molecular formula is C19H28NO2+. The zero-order chi connectivity index (χ0) is 15.5. The molecule has 0 aliphatic carbocycles. The van der Waals surface area contributed by atoms with Crippen molar-refractivity contribution in [2.75, 3.05) is 32.8 Å². The van der Waals surface area contributed by atoms with E-state index in [-0.39, 0.29) is 11.4 Å². The Morgan fingerprint density at radius 3 is 2.50 bits per heavy atom. The summed E-state index contributed by atoms with van der Waals surface area (Å²) in [4.78, 5) is 12.5. The van der Waals surface area contributed by atoms with Crippen molar-refractivity contribution in [3.05, 3.63) is 35.9 Å². The molecule has 0 unspecified atom stereocenters. The Bertz CT molecular complexity index is 501. The van der Waals surface area contributed by atoms with Crippen molar-refractivity contribution in [1.82, 2.24) is 0 Å². The van der Waals surface area contributed by atoms with Gasteiger partial charge in [-0.1, -0.05) is 30.3 Å². The minimum Gasteiger partial charge on any atom is -0.465 e. The fraction of sp³-hybridized carbons (Fsp3) is 0.632. The highest BCUT2D eigenvalue weighted by Gasteiger charge is 2.53. The largest absolute Gasteiger partial charge is 0.465 e. The van der Waals surface area contributed by atoms with Crippen LogP contribution in [0.4, 0.5) is 0 Å². The summed E-state index contributed by atoms with van der Waals surface area (Å²) >= 11 is 0. The quantitative estimate of drug-likeness (QED) is 0.617. The van der Waals surface area contributed by atoms with Crippen LogP contribution in [0.2, 0.25) is 0 Å². The summed E-state index contributed by atoms with van der Waals surface area (Å²) in [7, 11) is 0. The summed E-state index contributed by atoms with van der Waals surface area (Å²) in [5.74, 6) is 0.0663. The molecule has 0 N–H and O–H groups in total. The van der Waals surface area contributed by atoms with Crippen LogP contribution in [0.3, 0.4) is 0 Å². The smallest absolute Gasteiger partial charge is 0.317 e. The second-order valence-corrected chi connectivity index (χ2v) is 7.11. The zero-order valence-corrected chi connectivity index (χ0v) is 13.7. The second-order valence-electron chi connectivity index (χ2n) is 7.11. The number of quaternary nitrogens is 1. The van der Waals surface area contributed by atoms with E-state index in [4.69, 9.17) is 4.74 Å². The van der Waals surface area contributed by atoms with Gasteiger partial charge in [0.15, 0.2) is 0 Å². The van der Waals surface area contributed by atoms with E-state index < -0.39 is 0 Å². The van der Waals surface area contributed by atoms with E-state index in [0.29, 0.717) is 6.61 Å². The van der Waals surface area contributed by atoms with E-state index in [1.807, 2.05) is 6.92 Å². The van der Waals surface area contributed by atoms with Crippen LogP contribution in [-0.2, 0) is 16.0 Å². The van der Waals surface area contributed by atoms with E-state index in [2.05, 4.69) is 30.3 Å². The molecule has 2 fully saturated rings. The third-order valence-electron chi connectivity index (χ3n) is 5.64. The van der Waals surface area contributed by atoms with Crippen LogP contribution in [-0.4, -0.2) is 43.2 Å². The highest BCUT2D eigenvalue weighted by atomic mass is 16.5. The Morgan fingerprint density at radius 2 is 1.86 bits per heavy atom. The number of carbonyl (C=O) groups is 1. The molecule has 0 amide bonds. The maximum atomic E-state index is 12.5. The normalized spacial score (nSPS) is 30.8. The van der Waals surface area contributed by atoms with Crippen molar-refractivity contribution in [2.45, 2.75) is 39.0 Å². The van der Waals surface area contributed by atoms with Crippen molar-refractivity contribution in [1.29, 1.82) is 0 Å². The SMILES string of the molecule is CCOC(=O)C12CCC[N+](CCc3ccccc3)(CCC1)C2. The predicted octanol–water partition coefficient (Wildman–Crippen LogP) is 3.18. The summed E-state index contributed by atoms with van der Waals surface area (Å²) in [6, 6.07) is 10.7. The summed E-state index contributed by atoms with van der Waals surface area (Å²) in [6.45, 7) is 7.04. The van der Waals surface area contributed by atoms with Gasteiger partial charge in [-0.05, 0) is 38.2 Å². The first kappa shape index (κ1) is 15.5. The molecule has 120 valence electrons. The lowest BCUT2D eigenvalue weighted by Gasteiger charge is -2.52. The summed E-state index contributed by atoms with van der Waals surface area (Å²) in [5.41, 5.74) is 1.22. The maximum Gasteiger partial charge on any atom is 0.317 e. The minimum absolute atomic E-state index is 0.0663. The van der Waals surface area contributed by atoms with Gasteiger partial charge in [0.1, 0.15) is 5.41 Å². The van der Waals surface area contributed by atoms with Gasteiger partial charge in [0.2, 0.25) is 0 Å². The Kier molecular flexibility index (Phi) is 4.53. The highest BCUT2D eigenvalue weighted by molar-refractivity contribution is 5.77. The van der Waals surface area contributed by atoms with Crippen molar-refractivity contribution in [3.63, 3.8) is 0 Å². The van der Waals surface area contributed by atoms with Crippen LogP contribution in [0.15, 0.2) is 30.3 Å². The zero-order valence-electron chi connectivity index (χ0n) is 13.7. The van der Waals surface area contributed by atoms with Crippen molar-refractivity contribution < 1.29 is 14.0 Å². The molecule has 2 saturated heterocycles. The monoisotopic (exact) mass is 302 g/mol. The number of esters is 1. The molecule has 3 heteroatoms. The number of carbonyl (C=O) groups excluding carboxylic acids is 1. The molecule has 22 heavy (non-hydrogen) atoms. The molecule has 0 spiro atoms. The number of ether oxygens (including phenoxy) is 1. The first-order chi connectivity index (χ1) is 10.7. The summed E-state index contributed by atoms with van der Waals surface area (Å²) < 4.78 is 6.54. The van der Waals surface area contributed by atoms with Gasteiger partial charge in [-0.2, -0.15) is 0 Å². The maximum absolute atomic E-state index is 12.5.